The predicted molar refractivity (Wildman–Crippen MR) is 104 cm³/mol. The number of hydrogen-bond donors (Lipinski definition) is 3. The molecule has 1 aromatic heterocycles. The molecule has 1 fully saturated rings. The lowest BCUT2D eigenvalue weighted by molar-refractivity contribution is 0.0428. The van der Waals surface area contributed by atoms with Crippen molar-refractivity contribution in [2.75, 3.05) is 13.1 Å². The van der Waals surface area contributed by atoms with E-state index in [9.17, 15) is 5.11 Å². The summed E-state index contributed by atoms with van der Waals surface area (Å²) in [7, 11) is 0. The van der Waals surface area contributed by atoms with E-state index in [0.29, 0.717) is 17.7 Å². The highest BCUT2D eigenvalue weighted by Gasteiger charge is 2.39. The van der Waals surface area contributed by atoms with Crippen LogP contribution in [-0.2, 0) is 5.60 Å². The topological polar surface area (TPSA) is 69.8 Å². The van der Waals surface area contributed by atoms with E-state index in [1.54, 1.807) is 13.0 Å². The number of furan rings is 1. The zero-order valence-electron chi connectivity index (χ0n) is 16.0. The van der Waals surface area contributed by atoms with Crippen molar-refractivity contribution in [3.8, 4) is 0 Å². The number of hydrogen-bond acceptors (Lipinski definition) is 3. The summed E-state index contributed by atoms with van der Waals surface area (Å²) < 4.78 is 5.56. The molecule has 140 valence electrons. The maximum Gasteiger partial charge on any atom is 0.191 e. The molecule has 0 aliphatic heterocycles. The van der Waals surface area contributed by atoms with Crippen LogP contribution in [0.15, 0.2) is 45.8 Å². The minimum atomic E-state index is -1.13. The zero-order chi connectivity index (χ0) is 18.7. The summed E-state index contributed by atoms with van der Waals surface area (Å²) in [5, 5.41) is 17.4. The largest absolute Gasteiger partial charge is 0.463 e. The number of aryl methyl sites for hydroxylation is 2. The van der Waals surface area contributed by atoms with Gasteiger partial charge in [-0.05, 0) is 57.4 Å². The lowest BCUT2D eigenvalue weighted by Gasteiger charge is -2.20. The van der Waals surface area contributed by atoms with Gasteiger partial charge in [-0.2, -0.15) is 0 Å². The monoisotopic (exact) mass is 355 g/mol. The van der Waals surface area contributed by atoms with Crippen LogP contribution in [-0.4, -0.2) is 30.2 Å². The molecule has 5 heteroatoms. The van der Waals surface area contributed by atoms with Gasteiger partial charge in [-0.25, -0.2) is 4.99 Å². The Balaban J connectivity index is 1.64. The number of rotatable bonds is 6. The maximum absolute atomic E-state index is 10.7. The summed E-state index contributed by atoms with van der Waals surface area (Å²) >= 11 is 0. The highest BCUT2D eigenvalue weighted by Crippen LogP contribution is 2.42. The minimum Gasteiger partial charge on any atom is -0.463 e. The number of aliphatic hydroxyl groups is 1. The molecule has 0 spiro atoms. The number of aliphatic imine (C=N–C) groups is 1. The summed E-state index contributed by atoms with van der Waals surface area (Å²) in [6, 6.07) is 12.6. The molecule has 1 saturated carbocycles. The Labute approximate surface area is 155 Å². The van der Waals surface area contributed by atoms with E-state index in [2.05, 4.69) is 46.8 Å². The maximum atomic E-state index is 10.7. The van der Waals surface area contributed by atoms with Gasteiger partial charge < -0.3 is 20.2 Å². The second-order valence-electron chi connectivity index (χ2n) is 7.33. The molecule has 5 nitrogen and oxygen atoms in total. The second kappa shape index (κ2) is 7.54. The third kappa shape index (κ3) is 4.28. The van der Waals surface area contributed by atoms with Gasteiger partial charge in [-0.1, -0.05) is 24.3 Å². The van der Waals surface area contributed by atoms with Crippen LogP contribution in [0.1, 0.15) is 48.8 Å². The molecule has 0 radical (unpaired) electrons. The molecule has 1 aliphatic carbocycles. The molecule has 3 N–H and O–H groups in total. The van der Waals surface area contributed by atoms with Crippen molar-refractivity contribution in [1.29, 1.82) is 0 Å². The summed E-state index contributed by atoms with van der Waals surface area (Å²) in [6.45, 7) is 8.80. The Morgan fingerprint density at radius 2 is 2.04 bits per heavy atom. The van der Waals surface area contributed by atoms with Gasteiger partial charge in [0.25, 0.3) is 0 Å². The van der Waals surface area contributed by atoms with E-state index in [4.69, 9.17) is 4.42 Å². The summed E-state index contributed by atoms with van der Waals surface area (Å²) in [6.07, 6.45) is 1.10. The Morgan fingerprint density at radius 3 is 2.69 bits per heavy atom. The number of nitrogens with one attached hydrogen (secondary N) is 2. The standard InChI is InChI=1S/C21H29N3O2/c1-5-22-20(23-13-21(4,25)19-11-10-15(3)26-19)24-18-12-17(18)16-9-7-6-8-14(16)2/h6-11,17-18,25H,5,12-13H2,1-4H3,(H2,22,23,24). The van der Waals surface area contributed by atoms with Crippen molar-refractivity contribution in [3.63, 3.8) is 0 Å². The Bertz CT molecular complexity index is 779. The highest BCUT2D eigenvalue weighted by molar-refractivity contribution is 5.80. The van der Waals surface area contributed by atoms with Crippen molar-refractivity contribution in [2.24, 2.45) is 4.99 Å². The second-order valence-corrected chi connectivity index (χ2v) is 7.33. The van der Waals surface area contributed by atoms with Gasteiger partial charge in [0.05, 0.1) is 6.54 Å². The molecular weight excluding hydrogens is 326 g/mol. The van der Waals surface area contributed by atoms with E-state index in [-0.39, 0.29) is 6.54 Å². The Morgan fingerprint density at radius 1 is 1.27 bits per heavy atom. The third-order valence-electron chi connectivity index (χ3n) is 4.86. The van der Waals surface area contributed by atoms with Crippen molar-refractivity contribution < 1.29 is 9.52 Å². The summed E-state index contributed by atoms with van der Waals surface area (Å²) in [5.41, 5.74) is 1.61. The molecule has 26 heavy (non-hydrogen) atoms. The van der Waals surface area contributed by atoms with Gasteiger partial charge in [-0.15, -0.1) is 0 Å². The quantitative estimate of drug-likeness (QED) is 0.550. The van der Waals surface area contributed by atoms with E-state index in [1.807, 2.05) is 19.9 Å². The first kappa shape index (κ1) is 18.5. The van der Waals surface area contributed by atoms with Crippen molar-refractivity contribution >= 4 is 5.96 Å². The lowest BCUT2D eigenvalue weighted by atomic mass is 10.0. The highest BCUT2D eigenvalue weighted by atomic mass is 16.4. The van der Waals surface area contributed by atoms with Crippen LogP contribution in [0.4, 0.5) is 0 Å². The van der Waals surface area contributed by atoms with Crippen molar-refractivity contribution in [1.82, 2.24) is 10.6 Å². The normalized spacial score (nSPS) is 22.0. The molecule has 2 aromatic rings. The first-order valence-corrected chi connectivity index (χ1v) is 9.30. The predicted octanol–water partition coefficient (Wildman–Crippen LogP) is 3.22. The third-order valence-corrected chi connectivity index (χ3v) is 4.86. The fourth-order valence-electron chi connectivity index (χ4n) is 3.23. The first-order valence-electron chi connectivity index (χ1n) is 9.30. The van der Waals surface area contributed by atoms with Crippen molar-refractivity contribution in [3.05, 3.63) is 59.0 Å². The first-order chi connectivity index (χ1) is 12.4. The number of nitrogens with zero attached hydrogens (tertiary/aromatic N) is 1. The van der Waals surface area contributed by atoms with E-state index >= 15 is 0 Å². The van der Waals surface area contributed by atoms with E-state index < -0.39 is 5.60 Å². The van der Waals surface area contributed by atoms with Gasteiger partial charge in [0.15, 0.2) is 5.96 Å². The minimum absolute atomic E-state index is 0.233. The number of guanidine groups is 1. The fourth-order valence-corrected chi connectivity index (χ4v) is 3.23. The zero-order valence-corrected chi connectivity index (χ0v) is 16.0. The average molecular weight is 355 g/mol. The average Bonchev–Trinajstić information content (AvgIpc) is 3.21. The molecule has 1 aromatic carbocycles. The van der Waals surface area contributed by atoms with Crippen molar-refractivity contribution in [2.45, 2.75) is 51.7 Å². The molecule has 1 aliphatic rings. The molecule has 3 rings (SSSR count). The Hall–Kier alpha value is -2.27. The molecule has 1 heterocycles. The van der Waals surface area contributed by atoms with Crippen LogP contribution in [0.25, 0.3) is 0 Å². The molecule has 0 saturated heterocycles. The van der Waals surface area contributed by atoms with Gasteiger partial charge in [0, 0.05) is 18.5 Å². The molecule has 3 atom stereocenters. The summed E-state index contributed by atoms with van der Waals surface area (Å²) in [4.78, 5) is 4.59. The van der Waals surface area contributed by atoms with Gasteiger partial charge in [-0.3, -0.25) is 0 Å². The molecular formula is C21H29N3O2. The van der Waals surface area contributed by atoms with Crippen LogP contribution < -0.4 is 10.6 Å². The fraction of sp³-hybridized carbons (Fsp3) is 0.476. The summed E-state index contributed by atoms with van der Waals surface area (Å²) in [5.74, 6) is 2.58. The smallest absolute Gasteiger partial charge is 0.191 e. The van der Waals surface area contributed by atoms with Gasteiger partial charge in [0.1, 0.15) is 17.1 Å². The van der Waals surface area contributed by atoms with Crippen LogP contribution >= 0.6 is 0 Å². The van der Waals surface area contributed by atoms with Crippen LogP contribution in [0.3, 0.4) is 0 Å². The molecule has 3 unspecified atom stereocenters. The van der Waals surface area contributed by atoms with Gasteiger partial charge >= 0.3 is 0 Å². The van der Waals surface area contributed by atoms with Crippen LogP contribution in [0, 0.1) is 13.8 Å². The van der Waals surface area contributed by atoms with E-state index in [0.717, 1.165) is 24.7 Å². The lowest BCUT2D eigenvalue weighted by Crippen LogP contribution is -2.40. The van der Waals surface area contributed by atoms with Gasteiger partial charge in [0.2, 0.25) is 0 Å². The van der Waals surface area contributed by atoms with Crippen LogP contribution in [0.5, 0.6) is 0 Å². The van der Waals surface area contributed by atoms with E-state index in [1.165, 1.54) is 11.1 Å². The molecule has 0 amide bonds. The Kier molecular flexibility index (Phi) is 5.37. The SMILES string of the molecule is CCNC(=NCC(C)(O)c1ccc(C)o1)NC1CC1c1ccccc1C. The molecule has 0 bridgehead atoms. The number of benzene rings is 1. The van der Waals surface area contributed by atoms with Crippen LogP contribution in [0.2, 0.25) is 0 Å².